The minimum Gasteiger partial charge on any atom is -0.496 e. The lowest BCUT2D eigenvalue weighted by Crippen LogP contribution is -2.28. The summed E-state index contributed by atoms with van der Waals surface area (Å²) in [7, 11) is 5.38. The van der Waals surface area contributed by atoms with Gasteiger partial charge in [-0.25, -0.2) is 0 Å². The van der Waals surface area contributed by atoms with Crippen molar-refractivity contribution in [2.24, 2.45) is 0 Å². The predicted molar refractivity (Wildman–Crippen MR) is 96.1 cm³/mol. The number of carbonyl (C=O) groups excluding carboxylic acids is 1. The number of hydrogen-bond donors (Lipinski definition) is 2. The van der Waals surface area contributed by atoms with Gasteiger partial charge in [0.2, 0.25) is 0 Å². The first-order valence-electron chi connectivity index (χ1n) is 7.49. The van der Waals surface area contributed by atoms with Crippen LogP contribution in [0, 0.1) is 0 Å². The van der Waals surface area contributed by atoms with Gasteiger partial charge in [-0.15, -0.1) is 0 Å². The minimum atomic E-state index is -0.796. The maximum absolute atomic E-state index is 12.3. The molecule has 2 aromatic rings. The lowest BCUT2D eigenvalue weighted by molar-refractivity contribution is 0.0913. The predicted octanol–water partition coefficient (Wildman–Crippen LogP) is 2.88. The van der Waals surface area contributed by atoms with E-state index in [0.29, 0.717) is 16.3 Å². The zero-order chi connectivity index (χ0) is 17.7. The molecule has 0 unspecified atom stereocenters. The fourth-order valence-electron chi connectivity index (χ4n) is 2.25. The summed E-state index contributed by atoms with van der Waals surface area (Å²) in [4.78, 5) is 14.3. The van der Waals surface area contributed by atoms with Crippen LogP contribution in [0.2, 0.25) is 5.02 Å². The lowest BCUT2D eigenvalue weighted by Gasteiger charge is -2.16. The van der Waals surface area contributed by atoms with Gasteiger partial charge in [-0.3, -0.25) is 4.79 Å². The van der Waals surface area contributed by atoms with Crippen LogP contribution in [0.15, 0.2) is 42.5 Å². The largest absolute Gasteiger partial charge is 0.496 e. The molecule has 0 aliphatic heterocycles. The second kappa shape index (κ2) is 8.04. The number of nitrogens with one attached hydrogen (secondary N) is 1. The van der Waals surface area contributed by atoms with Gasteiger partial charge in [0.25, 0.3) is 5.91 Å². The number of ether oxygens (including phenoxy) is 1. The molecule has 0 saturated heterocycles. The van der Waals surface area contributed by atoms with E-state index >= 15 is 0 Å². The molecule has 2 aromatic carbocycles. The number of aliphatic hydroxyl groups is 1. The Hall–Kier alpha value is -2.24. The van der Waals surface area contributed by atoms with E-state index in [4.69, 9.17) is 16.3 Å². The van der Waals surface area contributed by atoms with Crippen LogP contribution in [0.5, 0.6) is 5.75 Å². The van der Waals surface area contributed by atoms with E-state index < -0.39 is 6.10 Å². The summed E-state index contributed by atoms with van der Waals surface area (Å²) in [5, 5.41) is 13.4. The van der Waals surface area contributed by atoms with Crippen LogP contribution in [0.4, 0.5) is 5.69 Å². The van der Waals surface area contributed by atoms with Gasteiger partial charge in [-0.1, -0.05) is 23.7 Å². The molecular formula is C18H21ClN2O3. The first-order chi connectivity index (χ1) is 11.4. The molecule has 2 N–H and O–H groups in total. The van der Waals surface area contributed by atoms with Crippen molar-refractivity contribution in [1.29, 1.82) is 0 Å². The molecular weight excluding hydrogens is 328 g/mol. The molecule has 0 aliphatic carbocycles. The molecule has 0 fully saturated rings. The first-order valence-corrected chi connectivity index (χ1v) is 7.87. The van der Waals surface area contributed by atoms with Gasteiger partial charge in [0, 0.05) is 31.4 Å². The third-order valence-corrected chi connectivity index (χ3v) is 3.89. The number of halogens is 1. The highest BCUT2D eigenvalue weighted by atomic mass is 35.5. The molecule has 0 bridgehead atoms. The van der Waals surface area contributed by atoms with Crippen molar-refractivity contribution in [2.75, 3.05) is 32.6 Å². The highest BCUT2D eigenvalue weighted by Gasteiger charge is 2.15. The van der Waals surface area contributed by atoms with Crippen LogP contribution in [0.3, 0.4) is 0 Å². The third kappa shape index (κ3) is 4.40. The molecule has 24 heavy (non-hydrogen) atoms. The van der Waals surface area contributed by atoms with E-state index in [0.717, 1.165) is 11.3 Å². The van der Waals surface area contributed by atoms with E-state index in [-0.39, 0.29) is 12.5 Å². The molecule has 0 aliphatic rings. The molecule has 0 radical (unpaired) electrons. The fourth-order valence-corrected chi connectivity index (χ4v) is 2.43. The summed E-state index contributed by atoms with van der Waals surface area (Å²) >= 11 is 5.93. The van der Waals surface area contributed by atoms with Crippen LogP contribution >= 0.6 is 11.6 Å². The van der Waals surface area contributed by atoms with Crippen LogP contribution < -0.4 is 15.0 Å². The second-order valence-corrected chi connectivity index (χ2v) is 5.99. The van der Waals surface area contributed by atoms with E-state index in [1.54, 1.807) is 12.1 Å². The molecule has 1 amide bonds. The summed E-state index contributed by atoms with van der Waals surface area (Å²) in [6.45, 7) is 0.0931. The summed E-state index contributed by atoms with van der Waals surface area (Å²) in [6.07, 6.45) is -0.796. The van der Waals surface area contributed by atoms with Crippen molar-refractivity contribution in [3.63, 3.8) is 0 Å². The van der Waals surface area contributed by atoms with Crippen molar-refractivity contribution in [3.8, 4) is 5.75 Å². The quantitative estimate of drug-likeness (QED) is 0.842. The number of rotatable bonds is 6. The molecule has 0 saturated carbocycles. The number of carbonyl (C=O) groups is 1. The van der Waals surface area contributed by atoms with Gasteiger partial charge in [-0.05, 0) is 35.9 Å². The van der Waals surface area contributed by atoms with E-state index in [9.17, 15) is 9.90 Å². The van der Waals surface area contributed by atoms with Gasteiger partial charge in [0.15, 0.2) is 0 Å². The normalized spacial score (nSPS) is 11.7. The number of anilines is 1. The number of hydrogen-bond acceptors (Lipinski definition) is 4. The first kappa shape index (κ1) is 18.1. The molecule has 128 valence electrons. The fraction of sp³-hybridized carbons (Fsp3) is 0.278. The van der Waals surface area contributed by atoms with Gasteiger partial charge in [-0.2, -0.15) is 0 Å². The maximum atomic E-state index is 12.3. The highest BCUT2D eigenvalue weighted by Crippen LogP contribution is 2.23. The topological polar surface area (TPSA) is 61.8 Å². The van der Waals surface area contributed by atoms with E-state index in [1.165, 1.54) is 13.2 Å². The smallest absolute Gasteiger partial charge is 0.255 e. The average molecular weight is 349 g/mol. The second-order valence-electron chi connectivity index (χ2n) is 5.56. The summed E-state index contributed by atoms with van der Waals surface area (Å²) < 4.78 is 5.16. The summed E-state index contributed by atoms with van der Waals surface area (Å²) in [5.74, 6) is 0.0834. The van der Waals surface area contributed by atoms with Crippen molar-refractivity contribution >= 4 is 23.2 Å². The number of nitrogens with zero attached hydrogens (tertiary/aromatic N) is 1. The van der Waals surface area contributed by atoms with Crippen molar-refractivity contribution in [1.82, 2.24) is 5.32 Å². The molecule has 1 atom stereocenters. The Bertz CT molecular complexity index is 702. The molecule has 2 rings (SSSR count). The monoisotopic (exact) mass is 348 g/mol. The van der Waals surface area contributed by atoms with Gasteiger partial charge in [0.1, 0.15) is 5.75 Å². The SMILES string of the molecule is COc1ccc(Cl)cc1C(=O)NC[C@H](O)c1ccc(N(C)C)cc1. The number of methoxy groups -OCH3 is 1. The zero-order valence-corrected chi connectivity index (χ0v) is 14.7. The van der Waals surface area contributed by atoms with Crippen LogP contribution in [0.25, 0.3) is 0 Å². The Morgan fingerprint density at radius 2 is 1.92 bits per heavy atom. The van der Waals surface area contributed by atoms with Crippen molar-refractivity contribution < 1.29 is 14.6 Å². The Labute approximate surface area is 146 Å². The minimum absolute atomic E-state index is 0.0931. The van der Waals surface area contributed by atoms with E-state index in [2.05, 4.69) is 5.32 Å². The van der Waals surface area contributed by atoms with Crippen LogP contribution in [-0.2, 0) is 0 Å². The Kier molecular flexibility index (Phi) is 6.06. The van der Waals surface area contributed by atoms with Gasteiger partial charge >= 0.3 is 0 Å². The van der Waals surface area contributed by atoms with Crippen molar-refractivity contribution in [3.05, 3.63) is 58.6 Å². The number of benzene rings is 2. The Balaban J connectivity index is 2.02. The third-order valence-electron chi connectivity index (χ3n) is 3.66. The number of aliphatic hydroxyl groups excluding tert-OH is 1. The Morgan fingerprint density at radius 1 is 1.25 bits per heavy atom. The van der Waals surface area contributed by atoms with Crippen LogP contribution in [-0.4, -0.2) is 38.8 Å². The molecule has 0 heterocycles. The summed E-state index contributed by atoms with van der Waals surface area (Å²) in [5.41, 5.74) is 2.11. The van der Waals surface area contributed by atoms with Gasteiger partial charge in [0.05, 0.1) is 18.8 Å². The summed E-state index contributed by atoms with van der Waals surface area (Å²) in [6, 6.07) is 12.3. The van der Waals surface area contributed by atoms with Crippen molar-refractivity contribution in [2.45, 2.75) is 6.10 Å². The number of amides is 1. The Morgan fingerprint density at radius 3 is 2.50 bits per heavy atom. The highest BCUT2D eigenvalue weighted by molar-refractivity contribution is 6.31. The molecule has 0 aromatic heterocycles. The molecule has 5 nitrogen and oxygen atoms in total. The van der Waals surface area contributed by atoms with Gasteiger partial charge < -0.3 is 20.1 Å². The van der Waals surface area contributed by atoms with E-state index in [1.807, 2.05) is 43.3 Å². The van der Waals surface area contributed by atoms with Crippen LogP contribution in [0.1, 0.15) is 22.0 Å². The maximum Gasteiger partial charge on any atom is 0.255 e. The lowest BCUT2D eigenvalue weighted by atomic mass is 10.1. The standard InChI is InChI=1S/C18H21ClN2O3/c1-21(2)14-7-4-12(5-8-14)16(22)11-20-18(23)15-10-13(19)6-9-17(15)24-3/h4-10,16,22H,11H2,1-3H3,(H,20,23)/t16-/m0/s1. The average Bonchev–Trinajstić information content (AvgIpc) is 2.59. The molecule has 6 heteroatoms. The zero-order valence-electron chi connectivity index (χ0n) is 13.9. The molecule has 0 spiro atoms.